The Labute approximate surface area is 175 Å². The Hall–Kier alpha value is -3.13. The maximum atomic E-state index is 10.2. The van der Waals surface area contributed by atoms with E-state index in [-0.39, 0.29) is 18.0 Å². The molecule has 1 aromatic carbocycles. The van der Waals surface area contributed by atoms with Crippen LogP contribution in [0.25, 0.3) is 0 Å². The number of fused-ring (bicyclic) bond motifs is 3. The van der Waals surface area contributed by atoms with Gasteiger partial charge in [-0.25, -0.2) is 0 Å². The van der Waals surface area contributed by atoms with Gasteiger partial charge in [0.15, 0.2) is 11.5 Å². The van der Waals surface area contributed by atoms with Crippen molar-refractivity contribution in [2.24, 2.45) is 4.99 Å². The molecular formula is C22H25N3O5. The summed E-state index contributed by atoms with van der Waals surface area (Å²) in [5.74, 6) is 1.69. The van der Waals surface area contributed by atoms with Crippen LogP contribution in [-0.2, 0) is 0 Å². The normalized spacial score (nSPS) is 21.9. The molecule has 0 radical (unpaired) electrons. The number of rotatable bonds is 6. The lowest BCUT2D eigenvalue weighted by Gasteiger charge is -2.34. The van der Waals surface area contributed by atoms with Crippen molar-refractivity contribution in [2.45, 2.75) is 31.4 Å². The molecule has 2 aliphatic rings. The first-order valence-electron chi connectivity index (χ1n) is 9.84. The van der Waals surface area contributed by atoms with E-state index in [1.807, 2.05) is 25.1 Å². The van der Waals surface area contributed by atoms with E-state index in [1.54, 1.807) is 26.4 Å². The fourth-order valence-corrected chi connectivity index (χ4v) is 3.96. The first-order valence-corrected chi connectivity index (χ1v) is 9.84. The molecule has 4 rings (SSSR count). The topological polar surface area (TPSA) is 95.3 Å². The largest absolute Gasteiger partial charge is 0.493 e. The highest BCUT2D eigenvalue weighted by Gasteiger charge is 2.35. The SMILES string of the molecule is CCOc1cc2c(cc1OC)C(c1cc(OC)nc(OC)n1)=N[C@@H]1C=C[C@H](O)C[C@H]21. The molecule has 0 saturated carbocycles. The van der Waals surface area contributed by atoms with Crippen molar-refractivity contribution in [2.75, 3.05) is 27.9 Å². The quantitative estimate of drug-likeness (QED) is 0.730. The molecule has 1 aromatic heterocycles. The van der Waals surface area contributed by atoms with Gasteiger partial charge in [-0.3, -0.25) is 4.99 Å². The molecule has 1 aliphatic carbocycles. The Morgan fingerprint density at radius 2 is 1.83 bits per heavy atom. The Morgan fingerprint density at radius 3 is 2.53 bits per heavy atom. The number of hydrogen-bond acceptors (Lipinski definition) is 8. The molecule has 2 aromatic rings. The van der Waals surface area contributed by atoms with Gasteiger partial charge < -0.3 is 24.1 Å². The van der Waals surface area contributed by atoms with Crippen LogP contribution in [0.3, 0.4) is 0 Å². The number of hydrogen-bond donors (Lipinski definition) is 1. The van der Waals surface area contributed by atoms with Crippen LogP contribution in [0, 0.1) is 0 Å². The number of nitrogens with zero attached hydrogens (tertiary/aromatic N) is 3. The number of benzene rings is 1. The van der Waals surface area contributed by atoms with Crippen LogP contribution in [0.4, 0.5) is 0 Å². The van der Waals surface area contributed by atoms with Gasteiger partial charge in [-0.1, -0.05) is 12.2 Å². The summed E-state index contributed by atoms with van der Waals surface area (Å²) in [5, 5.41) is 10.2. The molecule has 0 unspecified atom stereocenters. The molecule has 0 fully saturated rings. The van der Waals surface area contributed by atoms with E-state index in [2.05, 4.69) is 9.97 Å². The molecular weight excluding hydrogens is 386 g/mol. The lowest BCUT2D eigenvalue weighted by molar-refractivity contribution is 0.190. The zero-order valence-corrected chi connectivity index (χ0v) is 17.5. The molecule has 0 spiro atoms. The molecule has 2 heterocycles. The number of aliphatic hydroxyl groups is 1. The third-order valence-electron chi connectivity index (χ3n) is 5.32. The summed E-state index contributed by atoms with van der Waals surface area (Å²) < 4.78 is 21.9. The van der Waals surface area contributed by atoms with Crippen molar-refractivity contribution in [1.82, 2.24) is 9.97 Å². The Kier molecular flexibility index (Phi) is 5.59. The second kappa shape index (κ2) is 8.31. The van der Waals surface area contributed by atoms with Crippen LogP contribution in [-0.4, -0.2) is 60.9 Å². The average Bonchev–Trinajstić information content (AvgIpc) is 2.78. The number of aliphatic imine (C=N–C) groups is 1. The van der Waals surface area contributed by atoms with Crippen LogP contribution in [0.1, 0.15) is 36.1 Å². The molecule has 0 amide bonds. The van der Waals surface area contributed by atoms with E-state index < -0.39 is 6.10 Å². The van der Waals surface area contributed by atoms with E-state index in [1.165, 1.54) is 7.11 Å². The van der Waals surface area contributed by atoms with Crippen LogP contribution in [0.5, 0.6) is 23.4 Å². The summed E-state index contributed by atoms with van der Waals surface area (Å²) in [6, 6.07) is 5.72. The van der Waals surface area contributed by atoms with Gasteiger partial charge in [-0.15, -0.1) is 0 Å². The number of methoxy groups -OCH3 is 3. The molecule has 1 N–H and O–H groups in total. The average molecular weight is 411 g/mol. The molecule has 0 bridgehead atoms. The van der Waals surface area contributed by atoms with Gasteiger partial charge in [0.1, 0.15) is 0 Å². The molecule has 158 valence electrons. The molecule has 8 heteroatoms. The van der Waals surface area contributed by atoms with Gasteiger partial charge in [-0.2, -0.15) is 9.97 Å². The minimum atomic E-state index is -0.507. The first-order chi connectivity index (χ1) is 14.6. The van der Waals surface area contributed by atoms with Crippen molar-refractivity contribution in [3.05, 3.63) is 47.2 Å². The third-order valence-corrected chi connectivity index (χ3v) is 5.32. The van der Waals surface area contributed by atoms with Gasteiger partial charge in [0.05, 0.1) is 51.5 Å². The molecule has 0 saturated heterocycles. The van der Waals surface area contributed by atoms with E-state index in [4.69, 9.17) is 23.9 Å². The lowest BCUT2D eigenvalue weighted by Crippen LogP contribution is -2.31. The monoisotopic (exact) mass is 411 g/mol. The lowest BCUT2D eigenvalue weighted by atomic mass is 9.77. The highest BCUT2D eigenvalue weighted by Crippen LogP contribution is 2.43. The summed E-state index contributed by atoms with van der Waals surface area (Å²) in [4.78, 5) is 13.7. The predicted molar refractivity (Wildman–Crippen MR) is 111 cm³/mol. The van der Waals surface area contributed by atoms with E-state index in [0.29, 0.717) is 41.8 Å². The summed E-state index contributed by atoms with van der Waals surface area (Å²) in [6.07, 6.45) is 3.82. The summed E-state index contributed by atoms with van der Waals surface area (Å²) in [7, 11) is 4.66. The van der Waals surface area contributed by atoms with Crippen LogP contribution in [0.15, 0.2) is 35.3 Å². The predicted octanol–water partition coefficient (Wildman–Crippen LogP) is 2.53. The fourth-order valence-electron chi connectivity index (χ4n) is 3.96. The first kappa shape index (κ1) is 20.2. The van der Waals surface area contributed by atoms with Crippen LogP contribution in [0.2, 0.25) is 0 Å². The van der Waals surface area contributed by atoms with Gasteiger partial charge in [0.25, 0.3) is 0 Å². The van der Waals surface area contributed by atoms with E-state index in [0.717, 1.165) is 11.1 Å². The summed E-state index contributed by atoms with van der Waals surface area (Å²) >= 11 is 0. The highest BCUT2D eigenvalue weighted by molar-refractivity contribution is 6.14. The second-order valence-corrected chi connectivity index (χ2v) is 7.07. The van der Waals surface area contributed by atoms with Gasteiger partial charge in [0, 0.05) is 17.5 Å². The third kappa shape index (κ3) is 3.59. The van der Waals surface area contributed by atoms with E-state index in [9.17, 15) is 5.11 Å². The van der Waals surface area contributed by atoms with E-state index >= 15 is 0 Å². The Morgan fingerprint density at radius 1 is 1.00 bits per heavy atom. The number of aliphatic hydroxyl groups excluding tert-OH is 1. The van der Waals surface area contributed by atoms with Crippen molar-refractivity contribution in [3.8, 4) is 23.4 Å². The molecule has 3 atom stereocenters. The minimum Gasteiger partial charge on any atom is -0.493 e. The van der Waals surface area contributed by atoms with Crippen molar-refractivity contribution >= 4 is 5.71 Å². The molecule has 1 aliphatic heterocycles. The zero-order chi connectivity index (χ0) is 21.3. The second-order valence-electron chi connectivity index (χ2n) is 7.07. The summed E-state index contributed by atoms with van der Waals surface area (Å²) in [6.45, 7) is 2.45. The van der Waals surface area contributed by atoms with Crippen molar-refractivity contribution < 1.29 is 24.1 Å². The fraction of sp³-hybridized carbons (Fsp3) is 0.409. The minimum absolute atomic E-state index is 0.0273. The number of aromatic nitrogens is 2. The zero-order valence-electron chi connectivity index (χ0n) is 17.5. The van der Waals surface area contributed by atoms with Gasteiger partial charge >= 0.3 is 6.01 Å². The maximum absolute atomic E-state index is 10.2. The van der Waals surface area contributed by atoms with Gasteiger partial charge in [-0.05, 0) is 31.0 Å². The molecule has 8 nitrogen and oxygen atoms in total. The van der Waals surface area contributed by atoms with Crippen molar-refractivity contribution in [3.63, 3.8) is 0 Å². The van der Waals surface area contributed by atoms with Gasteiger partial charge in [0.2, 0.25) is 5.88 Å². The van der Waals surface area contributed by atoms with Crippen molar-refractivity contribution in [1.29, 1.82) is 0 Å². The van der Waals surface area contributed by atoms with Crippen LogP contribution < -0.4 is 18.9 Å². The standard InChI is InChI=1S/C22H25N3O5/c1-5-30-19-9-13-14-8-12(26)6-7-16(14)23-21(15(13)10-18(19)27-2)17-11-20(28-3)25-22(24-17)29-4/h6-7,9-12,14,16,26H,5,8H2,1-4H3/t12-,14+,16+/m0/s1. The number of ether oxygens (including phenoxy) is 4. The maximum Gasteiger partial charge on any atom is 0.320 e. The molecule has 30 heavy (non-hydrogen) atoms. The highest BCUT2D eigenvalue weighted by atomic mass is 16.5. The summed E-state index contributed by atoms with van der Waals surface area (Å²) in [5.41, 5.74) is 3.19. The Balaban J connectivity index is 1.93. The smallest absolute Gasteiger partial charge is 0.320 e. The van der Waals surface area contributed by atoms with Crippen LogP contribution >= 0.6 is 0 Å². The Bertz CT molecular complexity index is 982.